The summed E-state index contributed by atoms with van der Waals surface area (Å²) < 4.78 is 0. The lowest BCUT2D eigenvalue weighted by molar-refractivity contribution is -0.129. The fraction of sp³-hybridized carbons (Fsp3) is 0.875. The summed E-state index contributed by atoms with van der Waals surface area (Å²) in [6, 6.07) is 0.339. The van der Waals surface area contributed by atoms with E-state index in [0.717, 1.165) is 6.42 Å². The summed E-state index contributed by atoms with van der Waals surface area (Å²) >= 11 is 0. The van der Waals surface area contributed by atoms with E-state index in [0.29, 0.717) is 6.54 Å². The van der Waals surface area contributed by atoms with Crippen LogP contribution in [0.4, 0.5) is 0 Å². The number of amides is 1. The second-order valence-electron chi connectivity index (χ2n) is 4.07. The first kappa shape index (κ1) is 12.7. The minimum absolute atomic E-state index is 0. The van der Waals surface area contributed by atoms with Crippen LogP contribution >= 0.6 is 12.4 Å². The fourth-order valence-corrected chi connectivity index (χ4v) is 0.837. The lowest BCUT2D eigenvalue weighted by Crippen LogP contribution is -2.43. The van der Waals surface area contributed by atoms with Crippen molar-refractivity contribution in [2.24, 2.45) is 16.9 Å². The number of carbonyl (C=O) groups is 1. The van der Waals surface area contributed by atoms with Gasteiger partial charge in [-0.05, 0) is 20.3 Å². The van der Waals surface area contributed by atoms with E-state index in [1.807, 2.05) is 13.8 Å². The maximum Gasteiger partial charge on any atom is 0.227 e. The van der Waals surface area contributed by atoms with Crippen LogP contribution in [-0.2, 0) is 4.79 Å². The van der Waals surface area contributed by atoms with Crippen LogP contribution < -0.4 is 16.8 Å². The van der Waals surface area contributed by atoms with Crippen molar-refractivity contribution in [1.29, 1.82) is 0 Å². The minimum Gasteiger partial charge on any atom is -0.351 e. The zero-order valence-corrected chi connectivity index (χ0v) is 8.86. The van der Waals surface area contributed by atoms with Gasteiger partial charge in [0.25, 0.3) is 0 Å². The molecule has 0 aromatic carbocycles. The van der Waals surface area contributed by atoms with Crippen LogP contribution in [0.1, 0.15) is 20.3 Å². The van der Waals surface area contributed by atoms with Crippen LogP contribution in [0.3, 0.4) is 0 Å². The third-order valence-electron chi connectivity index (χ3n) is 2.28. The first-order valence-electron chi connectivity index (χ1n) is 4.24. The summed E-state index contributed by atoms with van der Waals surface area (Å²) in [6.45, 7) is 4.02. The first-order valence-corrected chi connectivity index (χ1v) is 4.24. The Morgan fingerprint density at radius 2 is 2.08 bits per heavy atom. The summed E-state index contributed by atoms with van der Waals surface area (Å²) in [4.78, 5) is 11.4. The normalized spacial score (nSPS) is 26.2. The molecule has 13 heavy (non-hydrogen) atoms. The van der Waals surface area contributed by atoms with Gasteiger partial charge in [-0.2, -0.15) is 0 Å². The molecule has 1 fully saturated rings. The maximum absolute atomic E-state index is 11.4. The van der Waals surface area contributed by atoms with E-state index in [2.05, 4.69) is 5.32 Å². The number of nitrogens with one attached hydrogen (secondary N) is 1. The van der Waals surface area contributed by atoms with Gasteiger partial charge in [-0.25, -0.2) is 0 Å². The van der Waals surface area contributed by atoms with Gasteiger partial charge in [-0.15, -0.1) is 12.4 Å². The highest BCUT2D eigenvalue weighted by atomic mass is 35.5. The van der Waals surface area contributed by atoms with Crippen LogP contribution in [0.25, 0.3) is 0 Å². The number of rotatable bonds is 3. The van der Waals surface area contributed by atoms with Crippen molar-refractivity contribution >= 4 is 18.3 Å². The van der Waals surface area contributed by atoms with Gasteiger partial charge in [-0.1, -0.05) is 0 Å². The number of nitrogens with two attached hydrogens (primary N) is 2. The number of hydrogen-bond donors (Lipinski definition) is 3. The molecule has 0 radical (unpaired) electrons. The van der Waals surface area contributed by atoms with E-state index in [4.69, 9.17) is 11.5 Å². The van der Waals surface area contributed by atoms with Gasteiger partial charge in [0.05, 0.1) is 5.41 Å². The molecular formula is C8H18ClN3O. The smallest absolute Gasteiger partial charge is 0.227 e. The number of halogens is 1. The Hall–Kier alpha value is -0.320. The molecule has 1 rings (SSSR count). The second kappa shape index (κ2) is 4.26. The van der Waals surface area contributed by atoms with Gasteiger partial charge in [0.1, 0.15) is 0 Å². The minimum atomic E-state index is -0.470. The Kier molecular flexibility index (Phi) is 4.16. The van der Waals surface area contributed by atoms with E-state index in [-0.39, 0.29) is 30.4 Å². The van der Waals surface area contributed by atoms with Crippen LogP contribution in [0.15, 0.2) is 0 Å². The van der Waals surface area contributed by atoms with E-state index in [1.54, 1.807) is 0 Å². The van der Waals surface area contributed by atoms with Gasteiger partial charge in [-0.3, -0.25) is 4.79 Å². The molecule has 0 bridgehead atoms. The largest absolute Gasteiger partial charge is 0.351 e. The highest BCUT2D eigenvalue weighted by Gasteiger charge is 2.37. The van der Waals surface area contributed by atoms with Crippen molar-refractivity contribution in [2.45, 2.75) is 32.4 Å². The van der Waals surface area contributed by atoms with Gasteiger partial charge in [0.2, 0.25) is 5.91 Å². The summed E-state index contributed by atoms with van der Waals surface area (Å²) in [5.41, 5.74) is 10.5. The zero-order valence-electron chi connectivity index (χ0n) is 8.04. The molecule has 0 aliphatic heterocycles. The molecule has 0 aromatic rings. The molecule has 1 aliphatic carbocycles. The average Bonchev–Trinajstić information content (AvgIpc) is 2.66. The molecule has 1 aliphatic rings. The third-order valence-corrected chi connectivity index (χ3v) is 2.28. The van der Waals surface area contributed by atoms with Crippen LogP contribution in [0.2, 0.25) is 0 Å². The molecule has 0 spiro atoms. The molecule has 0 heterocycles. The predicted octanol–water partition coefficient (Wildman–Crippen LogP) is -0.391. The molecule has 0 aromatic heterocycles. The lowest BCUT2D eigenvalue weighted by Gasteiger charge is -2.21. The molecule has 78 valence electrons. The topological polar surface area (TPSA) is 81.1 Å². The Labute approximate surface area is 84.8 Å². The van der Waals surface area contributed by atoms with E-state index in [9.17, 15) is 4.79 Å². The molecule has 5 N–H and O–H groups in total. The van der Waals surface area contributed by atoms with E-state index < -0.39 is 5.41 Å². The Bertz CT molecular complexity index is 196. The standard InChI is InChI=1S/C8H17N3O.ClH/c1-8(2,4-9)7(12)11-6-3-5(6)10;/h5-6H,3-4,9-10H2,1-2H3,(H,11,12);1H. The van der Waals surface area contributed by atoms with E-state index >= 15 is 0 Å². The second-order valence-corrected chi connectivity index (χ2v) is 4.07. The highest BCUT2D eigenvalue weighted by Crippen LogP contribution is 2.21. The summed E-state index contributed by atoms with van der Waals surface area (Å²) in [7, 11) is 0. The molecule has 2 unspecified atom stereocenters. The molecular weight excluding hydrogens is 190 g/mol. The van der Waals surface area contributed by atoms with Crippen LogP contribution in [0.5, 0.6) is 0 Å². The van der Waals surface area contributed by atoms with Crippen molar-refractivity contribution in [3.8, 4) is 0 Å². The molecule has 0 saturated heterocycles. The SMILES string of the molecule is CC(C)(CN)C(=O)NC1CC1N.Cl. The zero-order chi connectivity index (χ0) is 9.35. The van der Waals surface area contributed by atoms with E-state index in [1.165, 1.54) is 0 Å². The predicted molar refractivity (Wildman–Crippen MR) is 54.6 cm³/mol. The molecule has 1 amide bonds. The van der Waals surface area contributed by atoms with Gasteiger partial charge in [0, 0.05) is 18.6 Å². The number of carbonyl (C=O) groups excluding carboxylic acids is 1. The Balaban J connectivity index is 0.00000144. The lowest BCUT2D eigenvalue weighted by atomic mass is 9.93. The summed E-state index contributed by atoms with van der Waals surface area (Å²) in [5.74, 6) is 0.00273. The Morgan fingerprint density at radius 1 is 1.62 bits per heavy atom. The molecule has 5 heteroatoms. The molecule has 4 nitrogen and oxygen atoms in total. The monoisotopic (exact) mass is 207 g/mol. The van der Waals surface area contributed by atoms with Crippen molar-refractivity contribution in [3.63, 3.8) is 0 Å². The first-order chi connectivity index (χ1) is 5.47. The maximum atomic E-state index is 11.4. The van der Waals surface area contributed by atoms with Gasteiger partial charge in [0.15, 0.2) is 0 Å². The van der Waals surface area contributed by atoms with Crippen LogP contribution in [0, 0.1) is 5.41 Å². The summed E-state index contributed by atoms with van der Waals surface area (Å²) in [6.07, 6.45) is 0.895. The fourth-order valence-electron chi connectivity index (χ4n) is 0.837. The molecule has 1 saturated carbocycles. The van der Waals surface area contributed by atoms with Crippen molar-refractivity contribution in [2.75, 3.05) is 6.54 Å². The highest BCUT2D eigenvalue weighted by molar-refractivity contribution is 5.85. The number of hydrogen-bond acceptors (Lipinski definition) is 3. The third kappa shape index (κ3) is 3.14. The van der Waals surface area contributed by atoms with Crippen molar-refractivity contribution in [1.82, 2.24) is 5.32 Å². The van der Waals surface area contributed by atoms with Gasteiger partial charge >= 0.3 is 0 Å². The van der Waals surface area contributed by atoms with Crippen LogP contribution in [-0.4, -0.2) is 24.5 Å². The molecule has 2 atom stereocenters. The average molecular weight is 208 g/mol. The quantitative estimate of drug-likeness (QED) is 0.590. The van der Waals surface area contributed by atoms with Crippen molar-refractivity contribution in [3.05, 3.63) is 0 Å². The van der Waals surface area contributed by atoms with Crippen molar-refractivity contribution < 1.29 is 4.79 Å². The Morgan fingerprint density at radius 3 is 2.38 bits per heavy atom. The van der Waals surface area contributed by atoms with Gasteiger partial charge < -0.3 is 16.8 Å². The summed E-state index contributed by atoms with van der Waals surface area (Å²) in [5, 5.41) is 2.85.